The molecule has 0 bridgehead atoms. The highest BCUT2D eigenvalue weighted by Crippen LogP contribution is 2.37. The number of carbonyl (C=O) groups excluding carboxylic acids is 1. The lowest BCUT2D eigenvalue weighted by molar-refractivity contribution is -0.0912. The number of carbonyl (C=O) groups is 1. The number of piperazine rings is 1. The van der Waals surface area contributed by atoms with E-state index in [2.05, 4.69) is 9.74 Å². The molecule has 1 aromatic carbocycles. The van der Waals surface area contributed by atoms with Gasteiger partial charge >= 0.3 is 6.09 Å². The van der Waals surface area contributed by atoms with E-state index in [1.54, 1.807) is 11.0 Å². The maximum Gasteiger partial charge on any atom is 0.410 e. The van der Waals surface area contributed by atoms with Gasteiger partial charge in [0, 0.05) is 31.7 Å². The fourth-order valence-corrected chi connectivity index (χ4v) is 3.57. The Balaban J connectivity index is 1.68. The molecule has 2 fully saturated rings. The summed E-state index contributed by atoms with van der Waals surface area (Å²) < 4.78 is 31.1. The van der Waals surface area contributed by atoms with E-state index >= 15 is 0 Å². The van der Waals surface area contributed by atoms with Crippen molar-refractivity contribution in [2.45, 2.75) is 38.5 Å². The SMILES string of the molecule is [C-]#[N+]c1ccc([C@@H]2CN3CCN(C(=O)OC(C)(C)C)C[C@H]3CO2)c(OC)c1F. The number of hydrogen-bond acceptors (Lipinski definition) is 5. The van der Waals surface area contributed by atoms with Gasteiger partial charge in [0.2, 0.25) is 5.69 Å². The quantitative estimate of drug-likeness (QED) is 0.724. The summed E-state index contributed by atoms with van der Waals surface area (Å²) in [6.07, 6.45) is -0.665. The third-order valence-corrected chi connectivity index (χ3v) is 4.93. The first-order valence-electron chi connectivity index (χ1n) is 9.31. The second-order valence-corrected chi connectivity index (χ2v) is 8.03. The van der Waals surface area contributed by atoms with Crippen LogP contribution in [0.3, 0.4) is 0 Å². The fraction of sp³-hybridized carbons (Fsp3) is 0.600. The number of halogens is 1. The van der Waals surface area contributed by atoms with Crippen molar-refractivity contribution in [2.24, 2.45) is 0 Å². The molecule has 2 aliphatic rings. The molecule has 7 nitrogen and oxygen atoms in total. The second kappa shape index (κ2) is 7.94. The molecular formula is C20H26FN3O4. The molecule has 3 rings (SSSR count). The van der Waals surface area contributed by atoms with Crippen LogP contribution in [0.1, 0.15) is 32.4 Å². The highest BCUT2D eigenvalue weighted by molar-refractivity contribution is 5.68. The molecule has 0 aromatic heterocycles. The minimum absolute atomic E-state index is 0.0596. The van der Waals surface area contributed by atoms with Crippen molar-refractivity contribution in [3.8, 4) is 5.75 Å². The summed E-state index contributed by atoms with van der Waals surface area (Å²) in [4.78, 5) is 19.4. The van der Waals surface area contributed by atoms with Crippen LogP contribution in [0, 0.1) is 12.4 Å². The van der Waals surface area contributed by atoms with E-state index in [4.69, 9.17) is 20.8 Å². The average Bonchev–Trinajstić information content (AvgIpc) is 2.65. The number of fused-ring (bicyclic) bond motifs is 1. The van der Waals surface area contributed by atoms with Gasteiger partial charge in [0.05, 0.1) is 32.4 Å². The third-order valence-electron chi connectivity index (χ3n) is 4.93. The van der Waals surface area contributed by atoms with Crippen LogP contribution in [0.25, 0.3) is 4.85 Å². The van der Waals surface area contributed by atoms with E-state index in [9.17, 15) is 9.18 Å². The van der Waals surface area contributed by atoms with Crippen molar-refractivity contribution in [3.05, 3.63) is 34.9 Å². The molecule has 0 spiro atoms. The highest BCUT2D eigenvalue weighted by atomic mass is 19.1. The number of hydrogen-bond donors (Lipinski definition) is 0. The summed E-state index contributed by atoms with van der Waals surface area (Å²) in [5.41, 5.74) is 0.00113. The fourth-order valence-electron chi connectivity index (χ4n) is 3.57. The molecule has 0 aliphatic carbocycles. The summed E-state index contributed by atoms with van der Waals surface area (Å²) >= 11 is 0. The minimum Gasteiger partial charge on any atom is -0.495 e. The van der Waals surface area contributed by atoms with Crippen molar-refractivity contribution >= 4 is 11.8 Å². The third kappa shape index (κ3) is 4.21. The maximum absolute atomic E-state index is 14.4. The zero-order valence-corrected chi connectivity index (χ0v) is 16.7. The van der Waals surface area contributed by atoms with E-state index in [0.717, 1.165) is 0 Å². The Kier molecular flexibility index (Phi) is 5.77. The van der Waals surface area contributed by atoms with Crippen molar-refractivity contribution in [1.82, 2.24) is 9.80 Å². The summed E-state index contributed by atoms with van der Waals surface area (Å²) in [7, 11) is 1.39. The van der Waals surface area contributed by atoms with E-state index in [-0.39, 0.29) is 29.7 Å². The number of amides is 1. The van der Waals surface area contributed by atoms with Gasteiger partial charge < -0.3 is 19.1 Å². The van der Waals surface area contributed by atoms with Crippen molar-refractivity contribution in [3.63, 3.8) is 0 Å². The molecule has 1 amide bonds. The lowest BCUT2D eigenvalue weighted by Gasteiger charge is -2.46. The molecule has 0 saturated carbocycles. The Morgan fingerprint density at radius 1 is 1.32 bits per heavy atom. The largest absolute Gasteiger partial charge is 0.495 e. The number of methoxy groups -OCH3 is 1. The molecule has 1 aromatic rings. The van der Waals surface area contributed by atoms with E-state index in [0.29, 0.717) is 38.3 Å². The highest BCUT2D eigenvalue weighted by Gasteiger charge is 2.37. The topological polar surface area (TPSA) is 55.6 Å². The van der Waals surface area contributed by atoms with E-state index in [1.165, 1.54) is 13.2 Å². The number of rotatable bonds is 2. The Bertz CT molecular complexity index is 787. The monoisotopic (exact) mass is 391 g/mol. The molecule has 2 atom stereocenters. The number of ether oxygens (including phenoxy) is 3. The smallest absolute Gasteiger partial charge is 0.410 e. The van der Waals surface area contributed by atoms with Gasteiger partial charge in [-0.15, -0.1) is 0 Å². The van der Waals surface area contributed by atoms with Crippen LogP contribution in [0.4, 0.5) is 14.9 Å². The van der Waals surface area contributed by atoms with Gasteiger partial charge in [-0.1, -0.05) is 12.1 Å². The van der Waals surface area contributed by atoms with Crippen molar-refractivity contribution in [1.29, 1.82) is 0 Å². The van der Waals surface area contributed by atoms with Gasteiger partial charge in [0.25, 0.3) is 0 Å². The normalized spacial score (nSPS) is 22.9. The average molecular weight is 391 g/mol. The zero-order chi connectivity index (χ0) is 20.5. The molecule has 8 heteroatoms. The number of morpholine rings is 1. The maximum atomic E-state index is 14.4. The summed E-state index contributed by atoms with van der Waals surface area (Å²) in [6, 6.07) is 3.21. The van der Waals surface area contributed by atoms with Gasteiger partial charge in [-0.25, -0.2) is 14.0 Å². The first-order chi connectivity index (χ1) is 13.2. The molecule has 28 heavy (non-hydrogen) atoms. The molecule has 2 aliphatic heterocycles. The van der Waals surface area contributed by atoms with Crippen LogP contribution in [-0.2, 0) is 9.47 Å². The molecule has 0 N–H and O–H groups in total. The second-order valence-electron chi connectivity index (χ2n) is 8.03. The summed E-state index contributed by atoms with van der Waals surface area (Å²) in [5.74, 6) is -0.597. The molecular weight excluding hydrogens is 365 g/mol. The summed E-state index contributed by atoms with van der Waals surface area (Å²) in [5, 5.41) is 0. The predicted octanol–water partition coefficient (Wildman–Crippen LogP) is 3.38. The number of nitrogens with zero attached hydrogens (tertiary/aromatic N) is 3. The Hall–Kier alpha value is -2.37. The zero-order valence-electron chi connectivity index (χ0n) is 16.7. The van der Waals surface area contributed by atoms with Gasteiger partial charge in [0.1, 0.15) is 11.4 Å². The first-order valence-corrected chi connectivity index (χ1v) is 9.31. The molecule has 2 saturated heterocycles. The van der Waals surface area contributed by atoms with Gasteiger partial charge in [-0.05, 0) is 20.8 Å². The van der Waals surface area contributed by atoms with Crippen molar-refractivity contribution < 1.29 is 23.4 Å². The summed E-state index contributed by atoms with van der Waals surface area (Å²) in [6.45, 7) is 15.4. The molecule has 0 radical (unpaired) electrons. The van der Waals surface area contributed by atoms with Crippen molar-refractivity contribution in [2.75, 3.05) is 39.9 Å². The molecule has 2 heterocycles. The number of benzene rings is 1. The van der Waals surface area contributed by atoms with Gasteiger partial charge in [-0.2, -0.15) is 0 Å². The Morgan fingerprint density at radius 2 is 2.07 bits per heavy atom. The Morgan fingerprint density at radius 3 is 2.71 bits per heavy atom. The van der Waals surface area contributed by atoms with Crippen LogP contribution in [-0.4, -0.2) is 67.4 Å². The van der Waals surface area contributed by atoms with Gasteiger partial charge in [0.15, 0.2) is 5.82 Å². The molecule has 152 valence electrons. The van der Waals surface area contributed by atoms with Crippen LogP contribution in [0.15, 0.2) is 12.1 Å². The van der Waals surface area contributed by atoms with Crippen LogP contribution < -0.4 is 4.74 Å². The lowest BCUT2D eigenvalue weighted by Crippen LogP contribution is -2.60. The Labute approximate surface area is 164 Å². The molecule has 0 unspecified atom stereocenters. The first kappa shape index (κ1) is 20.4. The van der Waals surface area contributed by atoms with Crippen LogP contribution >= 0.6 is 0 Å². The van der Waals surface area contributed by atoms with Crippen LogP contribution in [0.2, 0.25) is 0 Å². The lowest BCUT2D eigenvalue weighted by atomic mass is 10.0. The van der Waals surface area contributed by atoms with E-state index < -0.39 is 11.4 Å². The van der Waals surface area contributed by atoms with E-state index in [1.807, 2.05) is 20.8 Å². The standard InChI is InChI=1S/C20H26FN3O4/c1-20(2,3)28-19(25)24-9-8-23-11-16(27-12-13(23)10-24)14-6-7-15(22-4)17(21)18(14)26-5/h6-7,13,16H,8-12H2,1-3,5H3/t13-,16-/m0/s1. The van der Waals surface area contributed by atoms with Gasteiger partial charge in [-0.3, -0.25) is 4.90 Å². The predicted molar refractivity (Wildman–Crippen MR) is 101 cm³/mol. The van der Waals surface area contributed by atoms with Crippen LogP contribution in [0.5, 0.6) is 5.75 Å². The minimum atomic E-state index is -0.657.